The smallest absolute Gasteiger partial charge is 0.358 e. The highest BCUT2D eigenvalue weighted by atomic mass is 16.5. The second-order valence-electron chi connectivity index (χ2n) is 5.95. The number of ether oxygens (including phenoxy) is 1. The summed E-state index contributed by atoms with van der Waals surface area (Å²) >= 11 is 0. The molecule has 0 saturated heterocycles. The average Bonchev–Trinajstić information content (AvgIpc) is 2.63. The van der Waals surface area contributed by atoms with Gasteiger partial charge in [-0.05, 0) is 36.8 Å². The van der Waals surface area contributed by atoms with Crippen LogP contribution in [-0.2, 0) is 11.3 Å². The summed E-state index contributed by atoms with van der Waals surface area (Å²) in [4.78, 5) is 24.1. The zero-order chi connectivity index (χ0) is 16.8. The zero-order valence-corrected chi connectivity index (χ0v) is 13.4. The number of nitrogens with zero attached hydrogens (tertiary/aromatic N) is 2. The van der Waals surface area contributed by atoms with Gasteiger partial charge >= 0.3 is 5.97 Å². The van der Waals surface area contributed by atoms with Gasteiger partial charge in [0.2, 0.25) is 0 Å². The maximum atomic E-state index is 12.2. The van der Waals surface area contributed by atoms with Gasteiger partial charge in [0.25, 0.3) is 5.56 Å². The van der Waals surface area contributed by atoms with Crippen molar-refractivity contribution in [1.29, 1.82) is 0 Å². The molecule has 1 aromatic carbocycles. The lowest BCUT2D eigenvalue weighted by molar-refractivity contribution is 0.0422. The number of benzene rings is 1. The molecule has 1 aliphatic rings. The Balaban J connectivity index is 1.67. The molecule has 0 saturated carbocycles. The van der Waals surface area contributed by atoms with Crippen molar-refractivity contribution in [3.8, 4) is 0 Å². The molecular formula is C19H20N2O3. The zero-order valence-electron chi connectivity index (χ0n) is 13.4. The molecule has 1 unspecified atom stereocenters. The Hall–Kier alpha value is -2.69. The first-order chi connectivity index (χ1) is 11.7. The molecule has 1 aromatic heterocycles. The Kier molecular flexibility index (Phi) is 5.21. The monoisotopic (exact) mass is 324 g/mol. The van der Waals surface area contributed by atoms with Crippen LogP contribution in [0.2, 0.25) is 0 Å². The fourth-order valence-corrected chi connectivity index (χ4v) is 2.70. The van der Waals surface area contributed by atoms with Crippen LogP contribution in [0.3, 0.4) is 0 Å². The summed E-state index contributed by atoms with van der Waals surface area (Å²) in [6, 6.07) is 12.3. The lowest BCUT2D eigenvalue weighted by Gasteiger charge is -2.17. The molecular weight excluding hydrogens is 304 g/mol. The maximum absolute atomic E-state index is 12.2. The third kappa shape index (κ3) is 4.19. The lowest BCUT2D eigenvalue weighted by atomic mass is 9.95. The van der Waals surface area contributed by atoms with Crippen molar-refractivity contribution in [2.24, 2.45) is 5.92 Å². The predicted molar refractivity (Wildman–Crippen MR) is 90.8 cm³/mol. The predicted octanol–water partition coefficient (Wildman–Crippen LogP) is 2.80. The molecule has 1 heterocycles. The van der Waals surface area contributed by atoms with Crippen LogP contribution >= 0.6 is 0 Å². The highest BCUT2D eigenvalue weighted by molar-refractivity contribution is 5.86. The van der Waals surface area contributed by atoms with Crippen LogP contribution in [-0.4, -0.2) is 22.4 Å². The van der Waals surface area contributed by atoms with Gasteiger partial charge < -0.3 is 4.74 Å². The molecule has 124 valence electrons. The quantitative estimate of drug-likeness (QED) is 0.627. The summed E-state index contributed by atoms with van der Waals surface area (Å²) in [6.45, 7) is 0.719. The number of rotatable bonds is 5. The molecule has 2 aromatic rings. The molecule has 0 bridgehead atoms. The van der Waals surface area contributed by atoms with Gasteiger partial charge in [0.1, 0.15) is 0 Å². The Morgan fingerprint density at radius 3 is 2.75 bits per heavy atom. The molecule has 0 radical (unpaired) electrons. The summed E-state index contributed by atoms with van der Waals surface area (Å²) in [5.74, 6) is -0.111. The lowest BCUT2D eigenvalue weighted by Crippen LogP contribution is -2.26. The Morgan fingerprint density at radius 1 is 1.17 bits per heavy atom. The third-order valence-corrected chi connectivity index (χ3v) is 4.08. The number of esters is 1. The van der Waals surface area contributed by atoms with Crippen molar-refractivity contribution in [1.82, 2.24) is 9.78 Å². The van der Waals surface area contributed by atoms with E-state index in [2.05, 4.69) is 17.3 Å². The molecule has 3 rings (SSSR count). The van der Waals surface area contributed by atoms with Gasteiger partial charge in [-0.25, -0.2) is 9.48 Å². The van der Waals surface area contributed by atoms with Gasteiger partial charge in [0.15, 0.2) is 5.69 Å². The van der Waals surface area contributed by atoms with Crippen molar-refractivity contribution >= 4 is 5.97 Å². The van der Waals surface area contributed by atoms with Crippen LogP contribution in [0, 0.1) is 5.92 Å². The molecule has 0 amide bonds. The van der Waals surface area contributed by atoms with E-state index in [1.54, 1.807) is 0 Å². The first-order valence-electron chi connectivity index (χ1n) is 8.16. The van der Waals surface area contributed by atoms with Gasteiger partial charge in [0, 0.05) is 6.07 Å². The number of aromatic nitrogens is 2. The average molecular weight is 324 g/mol. The van der Waals surface area contributed by atoms with E-state index in [0.717, 1.165) is 24.8 Å². The van der Waals surface area contributed by atoms with Crippen molar-refractivity contribution in [3.63, 3.8) is 0 Å². The number of hydrogen-bond acceptors (Lipinski definition) is 4. The Labute approximate surface area is 140 Å². The topological polar surface area (TPSA) is 61.2 Å². The second kappa shape index (κ2) is 7.73. The van der Waals surface area contributed by atoms with E-state index in [9.17, 15) is 9.59 Å². The van der Waals surface area contributed by atoms with Crippen LogP contribution in [0.5, 0.6) is 0 Å². The van der Waals surface area contributed by atoms with E-state index in [1.807, 2.05) is 30.3 Å². The van der Waals surface area contributed by atoms with Crippen molar-refractivity contribution < 1.29 is 9.53 Å². The van der Waals surface area contributed by atoms with Gasteiger partial charge in [-0.3, -0.25) is 4.79 Å². The minimum Gasteiger partial charge on any atom is -0.461 e. The molecule has 0 N–H and O–H groups in total. The molecule has 1 aliphatic carbocycles. The van der Waals surface area contributed by atoms with E-state index in [4.69, 9.17) is 4.74 Å². The Bertz CT molecular complexity index is 781. The van der Waals surface area contributed by atoms with Gasteiger partial charge in [-0.1, -0.05) is 42.5 Å². The van der Waals surface area contributed by atoms with Crippen LogP contribution < -0.4 is 5.56 Å². The van der Waals surface area contributed by atoms with E-state index in [1.165, 1.54) is 16.8 Å². The van der Waals surface area contributed by atoms with E-state index in [0.29, 0.717) is 19.1 Å². The number of allylic oxidation sites excluding steroid dienone is 2. The SMILES string of the molecule is O=C(OCC1CC=CCC1)c1ccc(=O)n(Cc2ccccc2)n1. The van der Waals surface area contributed by atoms with Gasteiger partial charge in [-0.15, -0.1) is 0 Å². The van der Waals surface area contributed by atoms with Crippen LogP contribution in [0.4, 0.5) is 0 Å². The van der Waals surface area contributed by atoms with Crippen molar-refractivity contribution in [2.45, 2.75) is 25.8 Å². The second-order valence-corrected chi connectivity index (χ2v) is 5.95. The van der Waals surface area contributed by atoms with E-state index in [-0.39, 0.29) is 11.3 Å². The minimum absolute atomic E-state index is 0.164. The largest absolute Gasteiger partial charge is 0.461 e. The van der Waals surface area contributed by atoms with E-state index < -0.39 is 5.97 Å². The summed E-state index contributed by atoms with van der Waals surface area (Å²) in [7, 11) is 0. The molecule has 1 atom stereocenters. The molecule has 5 heteroatoms. The maximum Gasteiger partial charge on any atom is 0.358 e. The molecule has 5 nitrogen and oxygen atoms in total. The minimum atomic E-state index is -0.480. The molecule has 0 spiro atoms. The summed E-state index contributed by atoms with van der Waals surface area (Å²) in [6.07, 6.45) is 7.28. The Morgan fingerprint density at radius 2 is 2.00 bits per heavy atom. The summed E-state index contributed by atoms with van der Waals surface area (Å²) in [5.41, 5.74) is 0.872. The fourth-order valence-electron chi connectivity index (χ4n) is 2.70. The first-order valence-corrected chi connectivity index (χ1v) is 8.16. The van der Waals surface area contributed by atoms with Crippen molar-refractivity contribution in [3.05, 3.63) is 76.2 Å². The van der Waals surface area contributed by atoms with Crippen LogP contribution in [0.1, 0.15) is 35.3 Å². The summed E-state index contributed by atoms with van der Waals surface area (Å²) < 4.78 is 6.65. The van der Waals surface area contributed by atoms with Crippen LogP contribution in [0.15, 0.2) is 59.4 Å². The highest BCUT2D eigenvalue weighted by Crippen LogP contribution is 2.18. The third-order valence-electron chi connectivity index (χ3n) is 4.08. The highest BCUT2D eigenvalue weighted by Gasteiger charge is 2.16. The molecule has 24 heavy (non-hydrogen) atoms. The first kappa shape index (κ1) is 16.2. The molecule has 0 fully saturated rings. The summed E-state index contributed by atoms with van der Waals surface area (Å²) in [5, 5.41) is 4.15. The molecule has 0 aliphatic heterocycles. The fraction of sp³-hybridized carbons (Fsp3) is 0.316. The number of carbonyl (C=O) groups is 1. The normalized spacial score (nSPS) is 16.8. The number of carbonyl (C=O) groups excluding carboxylic acids is 1. The van der Waals surface area contributed by atoms with Crippen LogP contribution in [0.25, 0.3) is 0 Å². The van der Waals surface area contributed by atoms with Crippen molar-refractivity contribution in [2.75, 3.05) is 6.61 Å². The standard InChI is InChI=1S/C19H20N2O3/c22-18-12-11-17(19(23)24-14-16-9-5-2-6-10-16)20-21(18)13-15-7-3-1-4-8-15/h1-5,7-8,11-12,16H,6,9-10,13-14H2. The van der Waals surface area contributed by atoms with E-state index >= 15 is 0 Å². The van der Waals surface area contributed by atoms with Gasteiger partial charge in [-0.2, -0.15) is 5.10 Å². The number of hydrogen-bond donors (Lipinski definition) is 0. The van der Waals surface area contributed by atoms with Gasteiger partial charge in [0.05, 0.1) is 13.2 Å².